The molecule has 0 heterocycles. The van der Waals surface area contributed by atoms with Gasteiger partial charge in [-0.05, 0) is 36.9 Å². The molecule has 0 amide bonds. The first-order valence-electron chi connectivity index (χ1n) is 9.51. The molecule has 2 rings (SSSR count). The van der Waals surface area contributed by atoms with Crippen LogP contribution in [0, 0.1) is 5.41 Å². The lowest BCUT2D eigenvalue weighted by atomic mass is 9.48. The highest BCUT2D eigenvalue weighted by Gasteiger charge is 2.58. The number of benzene rings is 1. The third kappa shape index (κ3) is 4.57. The van der Waals surface area contributed by atoms with Gasteiger partial charge in [0.15, 0.2) is 0 Å². The third-order valence-corrected chi connectivity index (χ3v) is 6.11. The van der Waals surface area contributed by atoms with Crippen LogP contribution >= 0.6 is 12.4 Å². The highest BCUT2D eigenvalue weighted by atomic mass is 35.5. The van der Waals surface area contributed by atoms with Gasteiger partial charge in [0.2, 0.25) is 0 Å². The van der Waals surface area contributed by atoms with Gasteiger partial charge in [0.1, 0.15) is 6.61 Å². The van der Waals surface area contributed by atoms with Gasteiger partial charge in [0, 0.05) is 6.54 Å². The maximum atomic E-state index is 13.0. The highest BCUT2D eigenvalue weighted by Crippen LogP contribution is 2.59. The number of likely N-dealkylation sites (N-methyl/N-ethyl adjacent to an activating group) is 1. The first-order valence-corrected chi connectivity index (χ1v) is 9.51. The molecule has 25 heavy (non-hydrogen) atoms. The molecular formula is C21H34ClNO2. The zero-order valence-electron chi connectivity index (χ0n) is 16.2. The van der Waals surface area contributed by atoms with Gasteiger partial charge in [-0.15, -0.1) is 12.4 Å². The van der Waals surface area contributed by atoms with E-state index >= 15 is 0 Å². The minimum Gasteiger partial charge on any atom is -0.464 e. The lowest BCUT2D eigenvalue weighted by Crippen LogP contribution is -2.55. The van der Waals surface area contributed by atoms with Gasteiger partial charge in [0.05, 0.1) is 5.41 Å². The van der Waals surface area contributed by atoms with Crippen LogP contribution in [0.4, 0.5) is 0 Å². The van der Waals surface area contributed by atoms with Crippen molar-refractivity contribution in [2.45, 2.75) is 58.8 Å². The molecule has 0 spiro atoms. The number of rotatable bonds is 9. The summed E-state index contributed by atoms with van der Waals surface area (Å²) in [6, 6.07) is 10.2. The maximum absolute atomic E-state index is 13.0. The second-order valence-corrected chi connectivity index (χ2v) is 7.17. The standard InChI is InChI=1S/C21H33NO2.ClH/c1-5-20(6-2)16-21(17-20,18-12-10-9-11-13-18)19(23)24-15-14-22(7-3)8-4;/h9-13H,5-8,14-17H2,1-4H3;1H. The topological polar surface area (TPSA) is 29.5 Å². The van der Waals surface area contributed by atoms with Crippen LogP contribution in [0.15, 0.2) is 30.3 Å². The summed E-state index contributed by atoms with van der Waals surface area (Å²) in [7, 11) is 0. The van der Waals surface area contributed by atoms with Gasteiger partial charge in [-0.1, -0.05) is 70.9 Å². The van der Waals surface area contributed by atoms with E-state index in [1.165, 1.54) is 0 Å². The Balaban J connectivity index is 0.00000312. The van der Waals surface area contributed by atoms with Crippen LogP contribution in [-0.2, 0) is 14.9 Å². The summed E-state index contributed by atoms with van der Waals surface area (Å²) in [5.41, 5.74) is 0.986. The van der Waals surface area contributed by atoms with Crippen molar-refractivity contribution in [3.05, 3.63) is 35.9 Å². The van der Waals surface area contributed by atoms with Gasteiger partial charge in [-0.2, -0.15) is 0 Å². The number of carbonyl (C=O) groups is 1. The zero-order chi connectivity index (χ0) is 17.6. The molecule has 0 atom stereocenters. The molecule has 1 aliphatic rings. The molecule has 4 heteroatoms. The Kier molecular flexibility index (Phi) is 8.43. The van der Waals surface area contributed by atoms with Crippen LogP contribution in [0.3, 0.4) is 0 Å². The van der Waals surface area contributed by atoms with Gasteiger partial charge >= 0.3 is 5.97 Å². The monoisotopic (exact) mass is 367 g/mol. The summed E-state index contributed by atoms with van der Waals surface area (Å²) < 4.78 is 5.74. The second-order valence-electron chi connectivity index (χ2n) is 7.17. The maximum Gasteiger partial charge on any atom is 0.316 e. The fourth-order valence-corrected chi connectivity index (χ4v) is 4.15. The molecule has 0 bridgehead atoms. The highest BCUT2D eigenvalue weighted by molar-refractivity contribution is 5.85. The summed E-state index contributed by atoms with van der Waals surface area (Å²) in [5.74, 6) is -0.0293. The smallest absolute Gasteiger partial charge is 0.316 e. The molecule has 1 aliphatic carbocycles. The molecule has 1 aromatic carbocycles. The second kappa shape index (κ2) is 9.59. The quantitative estimate of drug-likeness (QED) is 0.585. The predicted octanol–water partition coefficient (Wildman–Crippen LogP) is 4.83. The van der Waals surface area contributed by atoms with E-state index < -0.39 is 5.41 Å². The number of ether oxygens (including phenoxy) is 1. The number of esters is 1. The minimum absolute atomic E-state index is 0. The number of carbonyl (C=O) groups excluding carboxylic acids is 1. The van der Waals surface area contributed by atoms with Crippen molar-refractivity contribution in [1.82, 2.24) is 4.90 Å². The number of nitrogens with zero attached hydrogens (tertiary/aromatic N) is 1. The van der Waals surface area contributed by atoms with Gasteiger partial charge in [-0.3, -0.25) is 4.79 Å². The predicted molar refractivity (Wildman–Crippen MR) is 106 cm³/mol. The van der Waals surface area contributed by atoms with Crippen LogP contribution in [-0.4, -0.2) is 37.1 Å². The van der Waals surface area contributed by atoms with E-state index in [1.807, 2.05) is 18.2 Å². The number of hydrogen-bond donors (Lipinski definition) is 0. The van der Waals surface area contributed by atoms with E-state index in [0.29, 0.717) is 12.0 Å². The average Bonchev–Trinajstić information content (AvgIpc) is 2.60. The van der Waals surface area contributed by atoms with E-state index in [-0.39, 0.29) is 18.4 Å². The van der Waals surface area contributed by atoms with Crippen LogP contribution in [0.25, 0.3) is 0 Å². The molecule has 0 radical (unpaired) electrons. The zero-order valence-corrected chi connectivity index (χ0v) is 17.0. The summed E-state index contributed by atoms with van der Waals surface area (Å²) in [6.07, 6.45) is 4.10. The Morgan fingerprint density at radius 1 is 1.04 bits per heavy atom. The largest absolute Gasteiger partial charge is 0.464 e. The molecule has 3 nitrogen and oxygen atoms in total. The summed E-state index contributed by atoms with van der Waals surface area (Å²) >= 11 is 0. The molecule has 1 saturated carbocycles. The van der Waals surface area contributed by atoms with Crippen LogP contribution in [0.1, 0.15) is 58.9 Å². The van der Waals surface area contributed by atoms with Crippen LogP contribution in [0.5, 0.6) is 0 Å². The van der Waals surface area contributed by atoms with E-state index in [1.54, 1.807) is 0 Å². The van der Waals surface area contributed by atoms with E-state index in [2.05, 4.69) is 44.7 Å². The van der Waals surface area contributed by atoms with Crippen LogP contribution < -0.4 is 0 Å². The minimum atomic E-state index is -0.434. The molecule has 1 fully saturated rings. The lowest BCUT2D eigenvalue weighted by Gasteiger charge is -2.54. The van der Waals surface area contributed by atoms with Crippen molar-refractivity contribution in [3.63, 3.8) is 0 Å². The Morgan fingerprint density at radius 3 is 2.08 bits per heavy atom. The molecule has 0 saturated heterocycles. The molecule has 0 unspecified atom stereocenters. The normalized spacial score (nSPS) is 17.5. The van der Waals surface area contributed by atoms with Crippen molar-refractivity contribution in [2.24, 2.45) is 5.41 Å². The van der Waals surface area contributed by atoms with E-state index in [4.69, 9.17) is 4.74 Å². The summed E-state index contributed by atoms with van der Waals surface area (Å²) in [6.45, 7) is 12.0. The first kappa shape index (κ1) is 22.0. The van der Waals surface area contributed by atoms with Crippen molar-refractivity contribution in [3.8, 4) is 0 Å². The van der Waals surface area contributed by atoms with Crippen molar-refractivity contribution in [1.29, 1.82) is 0 Å². The molecule has 142 valence electrons. The van der Waals surface area contributed by atoms with Crippen molar-refractivity contribution < 1.29 is 9.53 Å². The summed E-state index contributed by atoms with van der Waals surface area (Å²) in [4.78, 5) is 15.3. The Hall–Kier alpha value is -1.06. The Morgan fingerprint density at radius 2 is 1.60 bits per heavy atom. The SMILES string of the molecule is CCN(CC)CCOC(=O)C1(c2ccccc2)CC(CC)(CC)C1.Cl. The van der Waals surface area contributed by atoms with Crippen LogP contribution in [0.2, 0.25) is 0 Å². The Labute approximate surface area is 159 Å². The molecule has 0 aromatic heterocycles. The fourth-order valence-electron chi connectivity index (χ4n) is 4.15. The third-order valence-electron chi connectivity index (χ3n) is 6.11. The van der Waals surface area contributed by atoms with E-state index in [0.717, 1.165) is 50.9 Å². The number of halogens is 1. The molecule has 1 aromatic rings. The van der Waals surface area contributed by atoms with Gasteiger partial charge < -0.3 is 9.64 Å². The van der Waals surface area contributed by atoms with E-state index in [9.17, 15) is 4.79 Å². The van der Waals surface area contributed by atoms with Crippen molar-refractivity contribution in [2.75, 3.05) is 26.2 Å². The van der Waals surface area contributed by atoms with Gasteiger partial charge in [0.25, 0.3) is 0 Å². The fraction of sp³-hybridized carbons (Fsp3) is 0.667. The molecular weight excluding hydrogens is 334 g/mol. The van der Waals surface area contributed by atoms with Gasteiger partial charge in [-0.25, -0.2) is 0 Å². The number of hydrogen-bond acceptors (Lipinski definition) is 3. The molecule has 0 N–H and O–H groups in total. The summed E-state index contributed by atoms with van der Waals surface area (Å²) in [5, 5.41) is 0. The lowest BCUT2D eigenvalue weighted by molar-refractivity contribution is -0.162. The molecule has 0 aliphatic heterocycles. The van der Waals surface area contributed by atoms with Crippen molar-refractivity contribution >= 4 is 18.4 Å². The first-order chi connectivity index (χ1) is 11.6. The Bertz CT molecular complexity index is 516. The average molecular weight is 368 g/mol.